The third-order valence-electron chi connectivity index (χ3n) is 8.93. The first-order chi connectivity index (χ1) is 22.6. The molecule has 0 spiro atoms. The molecule has 0 amide bonds. The number of fused-ring (bicyclic) bond motifs is 1. The first-order valence-corrected chi connectivity index (χ1v) is 18.9. The molecule has 240 valence electrons. The van der Waals surface area contributed by atoms with E-state index in [4.69, 9.17) is 14.0 Å². The van der Waals surface area contributed by atoms with Crippen molar-refractivity contribution in [2.75, 3.05) is 13.3 Å². The Morgan fingerprint density at radius 1 is 0.660 bits per heavy atom. The molecule has 0 aliphatic heterocycles. The van der Waals surface area contributed by atoms with Crippen molar-refractivity contribution in [2.24, 2.45) is 0 Å². The summed E-state index contributed by atoms with van der Waals surface area (Å²) in [5.41, 5.74) is 5.88. The zero-order valence-electron chi connectivity index (χ0n) is 27.7. The van der Waals surface area contributed by atoms with Crippen LogP contribution >= 0.6 is 7.49 Å². The van der Waals surface area contributed by atoms with Gasteiger partial charge >= 0.3 is 189 Å². The van der Waals surface area contributed by atoms with Crippen molar-refractivity contribution < 1.29 is 18.8 Å². The Morgan fingerprint density at radius 2 is 1.19 bits per heavy atom. The van der Waals surface area contributed by atoms with E-state index in [1.807, 2.05) is 127 Å². The van der Waals surface area contributed by atoms with Crippen molar-refractivity contribution in [2.45, 2.75) is 39.1 Å². The Kier molecular flexibility index (Phi) is 9.20. The Labute approximate surface area is 278 Å². The number of hydrogen-bond acceptors (Lipinski definition) is 4. The predicted molar refractivity (Wildman–Crippen MR) is 196 cm³/mol. The fourth-order valence-electron chi connectivity index (χ4n) is 5.18. The van der Waals surface area contributed by atoms with Gasteiger partial charge in [0.15, 0.2) is 0 Å². The third kappa shape index (κ3) is 7.42. The number of aromatic nitrogens is 1. The Hall–Kier alpha value is -4.86. The number of carbonyl (C=O) groups excluding carboxylic acids is 1. The van der Waals surface area contributed by atoms with Crippen LogP contribution in [0.2, 0.25) is 0 Å². The van der Waals surface area contributed by atoms with E-state index in [0.29, 0.717) is 24.3 Å². The molecule has 6 heteroatoms. The number of benzene rings is 5. The van der Waals surface area contributed by atoms with E-state index in [-0.39, 0.29) is 10.9 Å². The second kappa shape index (κ2) is 13.5. The molecule has 0 saturated heterocycles. The van der Waals surface area contributed by atoms with E-state index in [0.717, 1.165) is 50.5 Å². The molecule has 0 unspecified atom stereocenters. The summed E-state index contributed by atoms with van der Waals surface area (Å²) in [6.45, 7) is 12.0. The summed E-state index contributed by atoms with van der Waals surface area (Å²) in [6, 6.07) is 41.4. The number of rotatable bonds is 11. The SMILES string of the molecule is CC(C)(C)[PH](C)(C)Oc1ccc(C(=O)c2c(-c3ccc(OCc4ccccc4)cc3)[nH]c3cc(OCc4ccccc4)ccc23)cc1. The van der Waals surface area contributed by atoms with Gasteiger partial charge in [-0.05, 0) is 11.1 Å². The van der Waals surface area contributed by atoms with Gasteiger partial charge < -0.3 is 4.74 Å². The predicted octanol–water partition coefficient (Wildman–Crippen LogP) is 10.3. The van der Waals surface area contributed by atoms with E-state index in [9.17, 15) is 4.79 Å². The monoisotopic (exact) mass is 643 g/mol. The van der Waals surface area contributed by atoms with E-state index < -0.39 is 7.49 Å². The average Bonchev–Trinajstić information content (AvgIpc) is 3.46. The molecule has 47 heavy (non-hydrogen) atoms. The van der Waals surface area contributed by atoms with Crippen LogP contribution in [0.25, 0.3) is 22.2 Å². The van der Waals surface area contributed by atoms with Crippen LogP contribution in [0, 0.1) is 0 Å². The molecule has 0 atom stereocenters. The van der Waals surface area contributed by atoms with Gasteiger partial charge in [0.25, 0.3) is 0 Å². The molecule has 5 nitrogen and oxygen atoms in total. The number of aromatic amines is 1. The topological polar surface area (TPSA) is 60.5 Å². The van der Waals surface area contributed by atoms with Crippen molar-refractivity contribution in [3.05, 3.63) is 150 Å². The fourth-order valence-corrected chi connectivity index (χ4v) is 6.22. The van der Waals surface area contributed by atoms with Gasteiger partial charge in [0.1, 0.15) is 13.2 Å². The Morgan fingerprint density at radius 3 is 1.77 bits per heavy atom. The van der Waals surface area contributed by atoms with Crippen LogP contribution in [0.4, 0.5) is 0 Å². The van der Waals surface area contributed by atoms with Crippen LogP contribution in [-0.4, -0.2) is 29.3 Å². The van der Waals surface area contributed by atoms with Crippen LogP contribution in [-0.2, 0) is 13.2 Å². The van der Waals surface area contributed by atoms with Gasteiger partial charge in [0.05, 0.1) is 0 Å². The van der Waals surface area contributed by atoms with Crippen LogP contribution in [0.3, 0.4) is 0 Å². The van der Waals surface area contributed by atoms with Crippen LogP contribution in [0.1, 0.15) is 47.8 Å². The quantitative estimate of drug-likeness (QED) is 0.113. The van der Waals surface area contributed by atoms with Gasteiger partial charge in [-0.1, -0.05) is 60.7 Å². The molecule has 5 aromatic carbocycles. The van der Waals surface area contributed by atoms with Crippen molar-refractivity contribution in [1.82, 2.24) is 4.98 Å². The number of nitrogens with one attached hydrogen (secondary N) is 1. The van der Waals surface area contributed by atoms with Crippen LogP contribution in [0.15, 0.2) is 127 Å². The summed E-state index contributed by atoms with van der Waals surface area (Å²) in [6.07, 6.45) is 0. The van der Waals surface area contributed by atoms with Crippen molar-refractivity contribution in [3.63, 3.8) is 0 Å². The summed E-state index contributed by atoms with van der Waals surface area (Å²) in [4.78, 5) is 17.8. The number of hydrogen-bond donors (Lipinski definition) is 1. The standard InChI is InChI=1S/C41H42NO4P/c1-41(2,3)47(4,5)46-34-22-18-32(19-23-34)40(43)38-36-25-24-35(45-28-30-14-10-7-11-15-30)26-37(36)42-39(38)31-16-20-33(21-17-31)44-27-29-12-8-6-9-13-29/h6-26,42,47H,27-28H2,1-5H3. The number of H-pyrrole nitrogens is 1. The van der Waals surface area contributed by atoms with E-state index in [1.54, 1.807) is 0 Å². The van der Waals surface area contributed by atoms with E-state index in [1.165, 1.54) is 0 Å². The van der Waals surface area contributed by atoms with Crippen LogP contribution in [0.5, 0.6) is 17.2 Å². The molecule has 1 N–H and O–H groups in total. The second-order valence-electron chi connectivity index (χ2n) is 13.4. The van der Waals surface area contributed by atoms with Gasteiger partial charge in [-0.3, -0.25) is 0 Å². The summed E-state index contributed by atoms with van der Waals surface area (Å²) in [7, 11) is -2.01. The van der Waals surface area contributed by atoms with E-state index >= 15 is 0 Å². The molecule has 0 saturated carbocycles. The fraction of sp³-hybridized carbons (Fsp3) is 0.195. The molecule has 0 bridgehead atoms. The number of ether oxygens (including phenoxy) is 2. The van der Waals surface area contributed by atoms with Crippen molar-refractivity contribution >= 4 is 24.2 Å². The van der Waals surface area contributed by atoms with Gasteiger partial charge in [0, 0.05) is 0 Å². The van der Waals surface area contributed by atoms with Gasteiger partial charge in [0.2, 0.25) is 0 Å². The third-order valence-corrected chi connectivity index (χ3v) is 13.3. The average molecular weight is 644 g/mol. The van der Waals surface area contributed by atoms with Crippen molar-refractivity contribution in [1.29, 1.82) is 0 Å². The molecular weight excluding hydrogens is 601 g/mol. The van der Waals surface area contributed by atoms with Gasteiger partial charge in [-0.25, -0.2) is 0 Å². The zero-order valence-corrected chi connectivity index (χ0v) is 28.7. The molecule has 1 heterocycles. The Bertz CT molecular complexity index is 1960. The van der Waals surface area contributed by atoms with Gasteiger partial charge in [-0.2, -0.15) is 0 Å². The molecular formula is C41H42NO4P. The zero-order chi connectivity index (χ0) is 33.0. The molecule has 6 aromatic rings. The Balaban J connectivity index is 1.31. The van der Waals surface area contributed by atoms with Crippen molar-refractivity contribution in [3.8, 4) is 28.5 Å². The van der Waals surface area contributed by atoms with Crippen LogP contribution < -0.4 is 14.0 Å². The summed E-state index contributed by atoms with van der Waals surface area (Å²) < 4.78 is 18.6. The molecule has 0 aliphatic rings. The summed E-state index contributed by atoms with van der Waals surface area (Å²) >= 11 is 0. The summed E-state index contributed by atoms with van der Waals surface area (Å²) in [5.74, 6) is 2.21. The molecule has 0 aliphatic carbocycles. The number of ketones is 1. The maximum atomic E-state index is 14.3. The molecule has 1 aromatic heterocycles. The first kappa shape index (κ1) is 32.1. The minimum atomic E-state index is -2.01. The van der Waals surface area contributed by atoms with Gasteiger partial charge in [-0.15, -0.1) is 0 Å². The second-order valence-corrected chi connectivity index (χ2v) is 18.1. The van der Waals surface area contributed by atoms with E-state index in [2.05, 4.69) is 39.1 Å². The normalized spacial score (nSPS) is 12.1. The molecule has 0 fully saturated rings. The molecule has 0 radical (unpaired) electrons. The summed E-state index contributed by atoms with van der Waals surface area (Å²) in [5, 5.41) is 0.912. The minimum absolute atomic E-state index is 0.0625. The molecule has 6 rings (SSSR count). The first-order valence-electron chi connectivity index (χ1n) is 16.0. The number of carbonyl (C=O) groups is 1. The maximum absolute atomic E-state index is 14.3.